The summed E-state index contributed by atoms with van der Waals surface area (Å²) in [7, 11) is -2.59. The molecule has 1 heterocycles. The molecule has 0 aliphatic carbocycles. The van der Waals surface area contributed by atoms with Crippen LogP contribution in [0.1, 0.15) is 15.2 Å². The molecule has 10 heteroatoms. The largest absolute Gasteiger partial charge is 0.416 e. The van der Waals surface area contributed by atoms with Crippen molar-refractivity contribution in [3.8, 4) is 0 Å². The fourth-order valence-corrected chi connectivity index (χ4v) is 4.66. The van der Waals surface area contributed by atoms with E-state index >= 15 is 0 Å². The zero-order valence-corrected chi connectivity index (χ0v) is 16.6. The monoisotopic (exact) mass is 440 g/mol. The van der Waals surface area contributed by atoms with Gasteiger partial charge in [0.1, 0.15) is 4.88 Å². The van der Waals surface area contributed by atoms with Crippen molar-refractivity contribution in [2.24, 2.45) is 0 Å². The Hall–Kier alpha value is -2.85. The fourth-order valence-electron chi connectivity index (χ4n) is 2.56. The molecule has 0 saturated carbocycles. The summed E-state index contributed by atoms with van der Waals surface area (Å²) in [5, 5.41) is 3.93. The topological polar surface area (TPSA) is 66.5 Å². The molecule has 0 aliphatic rings. The third-order valence-corrected chi connectivity index (χ3v) is 6.73. The summed E-state index contributed by atoms with van der Waals surface area (Å²) in [5.41, 5.74) is -0.813. The lowest BCUT2D eigenvalue weighted by Crippen LogP contribution is -2.28. The number of hydrogen-bond acceptors (Lipinski definition) is 4. The molecule has 1 aromatic heterocycles. The number of amides is 1. The van der Waals surface area contributed by atoms with Gasteiger partial charge in [0.25, 0.3) is 15.9 Å². The van der Waals surface area contributed by atoms with Gasteiger partial charge in [0.05, 0.1) is 16.1 Å². The van der Waals surface area contributed by atoms with Gasteiger partial charge < -0.3 is 5.32 Å². The zero-order chi connectivity index (χ0) is 21.2. The first kappa shape index (κ1) is 20.9. The second kappa shape index (κ2) is 7.88. The van der Waals surface area contributed by atoms with Gasteiger partial charge in [0.15, 0.2) is 0 Å². The Balaban J connectivity index is 1.88. The van der Waals surface area contributed by atoms with Crippen LogP contribution in [0.15, 0.2) is 70.9 Å². The van der Waals surface area contributed by atoms with E-state index in [4.69, 9.17) is 0 Å². The predicted molar refractivity (Wildman–Crippen MR) is 106 cm³/mol. The number of sulfonamides is 1. The van der Waals surface area contributed by atoms with E-state index < -0.39 is 27.7 Å². The molecule has 0 saturated heterocycles. The molecule has 3 rings (SSSR count). The van der Waals surface area contributed by atoms with Crippen LogP contribution in [0.25, 0.3) is 0 Å². The van der Waals surface area contributed by atoms with E-state index in [0.29, 0.717) is 0 Å². The smallest absolute Gasteiger partial charge is 0.321 e. The number of rotatable bonds is 5. The van der Waals surface area contributed by atoms with Gasteiger partial charge >= 0.3 is 6.18 Å². The molecule has 0 aliphatic heterocycles. The molecule has 0 spiro atoms. The van der Waals surface area contributed by atoms with Crippen LogP contribution < -0.4 is 9.62 Å². The van der Waals surface area contributed by atoms with Crippen molar-refractivity contribution in [3.63, 3.8) is 0 Å². The number of carbonyl (C=O) groups excluding carboxylic acids is 1. The number of halogens is 3. The van der Waals surface area contributed by atoms with Crippen LogP contribution in [0.2, 0.25) is 0 Å². The number of benzene rings is 2. The number of hydrogen-bond donors (Lipinski definition) is 1. The fraction of sp³-hybridized carbons (Fsp3) is 0.105. The minimum absolute atomic E-state index is 0.0438. The van der Waals surface area contributed by atoms with Crippen molar-refractivity contribution in [2.75, 3.05) is 16.7 Å². The van der Waals surface area contributed by atoms with Gasteiger partial charge in [-0.05, 0) is 41.8 Å². The summed E-state index contributed by atoms with van der Waals surface area (Å²) in [6.07, 6.45) is -4.54. The first-order valence-corrected chi connectivity index (χ1v) is 10.5. The normalized spacial score (nSPS) is 11.9. The summed E-state index contributed by atoms with van der Waals surface area (Å²) in [6.45, 7) is 0. The molecule has 29 heavy (non-hydrogen) atoms. The zero-order valence-electron chi connectivity index (χ0n) is 15.0. The Morgan fingerprint density at radius 2 is 1.72 bits per heavy atom. The Bertz CT molecular complexity index is 1130. The van der Waals surface area contributed by atoms with Crippen LogP contribution >= 0.6 is 11.3 Å². The summed E-state index contributed by atoms with van der Waals surface area (Å²) in [4.78, 5) is 12.7. The van der Waals surface area contributed by atoms with Crippen LogP contribution in [-0.2, 0) is 16.2 Å². The van der Waals surface area contributed by atoms with Crippen molar-refractivity contribution in [1.82, 2.24) is 0 Å². The molecule has 0 atom stereocenters. The van der Waals surface area contributed by atoms with Crippen LogP contribution in [0, 0.1) is 0 Å². The van der Waals surface area contributed by atoms with E-state index in [2.05, 4.69) is 5.32 Å². The van der Waals surface area contributed by atoms with Gasteiger partial charge in [0.2, 0.25) is 0 Å². The Kier molecular flexibility index (Phi) is 5.67. The lowest BCUT2D eigenvalue weighted by atomic mass is 10.2. The molecular formula is C19H15F3N2O3S2. The van der Waals surface area contributed by atoms with Gasteiger partial charge in [-0.2, -0.15) is 13.2 Å². The number of nitrogens with one attached hydrogen (secondary N) is 1. The van der Waals surface area contributed by atoms with Crippen molar-refractivity contribution in [3.05, 3.63) is 76.5 Å². The first-order valence-electron chi connectivity index (χ1n) is 8.21. The van der Waals surface area contributed by atoms with Crippen LogP contribution in [0.5, 0.6) is 0 Å². The highest BCUT2D eigenvalue weighted by Crippen LogP contribution is 2.32. The third kappa shape index (κ3) is 4.43. The molecule has 0 unspecified atom stereocenters. The quantitative estimate of drug-likeness (QED) is 0.617. The minimum atomic E-state index is -4.54. The van der Waals surface area contributed by atoms with E-state index in [0.717, 1.165) is 27.8 Å². The maximum Gasteiger partial charge on any atom is 0.416 e. The van der Waals surface area contributed by atoms with Crippen LogP contribution in [0.4, 0.5) is 24.5 Å². The molecule has 5 nitrogen and oxygen atoms in total. The van der Waals surface area contributed by atoms with Crippen molar-refractivity contribution in [2.45, 2.75) is 11.1 Å². The van der Waals surface area contributed by atoms with Gasteiger partial charge in [-0.3, -0.25) is 9.10 Å². The molecule has 0 bridgehead atoms. The molecular weight excluding hydrogens is 425 g/mol. The predicted octanol–water partition coefficient (Wildman–Crippen LogP) is 4.84. The van der Waals surface area contributed by atoms with Crippen molar-refractivity contribution in [1.29, 1.82) is 0 Å². The Labute approximate surface area is 169 Å². The molecule has 0 radical (unpaired) electrons. The second-order valence-corrected chi connectivity index (χ2v) is 8.84. The lowest BCUT2D eigenvalue weighted by Gasteiger charge is -2.19. The summed E-state index contributed by atoms with van der Waals surface area (Å²) >= 11 is 0.986. The standard InChI is InChI=1S/C19H15F3N2O3S2/c1-24(29(26,27)15-8-3-2-4-9-15)16-10-11-28-17(16)18(25)23-14-7-5-6-13(12-14)19(20,21)22/h2-12H,1H3,(H,23,25). The average Bonchev–Trinajstić information content (AvgIpc) is 3.17. The number of nitrogens with zero attached hydrogens (tertiary/aromatic N) is 1. The molecule has 1 amide bonds. The minimum Gasteiger partial charge on any atom is -0.321 e. The van der Waals surface area contributed by atoms with Crippen LogP contribution in [-0.4, -0.2) is 21.4 Å². The maximum atomic E-state index is 12.9. The molecule has 152 valence electrons. The first-order chi connectivity index (χ1) is 13.6. The van der Waals surface area contributed by atoms with E-state index in [9.17, 15) is 26.4 Å². The van der Waals surface area contributed by atoms with E-state index in [1.807, 2.05) is 0 Å². The molecule has 3 aromatic rings. The Morgan fingerprint density at radius 3 is 2.38 bits per heavy atom. The van der Waals surface area contributed by atoms with Gasteiger partial charge in [-0.1, -0.05) is 24.3 Å². The number of thiophene rings is 1. The van der Waals surface area contributed by atoms with Crippen LogP contribution in [0.3, 0.4) is 0 Å². The second-order valence-electron chi connectivity index (χ2n) is 5.95. The van der Waals surface area contributed by atoms with Gasteiger partial charge in [-0.25, -0.2) is 8.42 Å². The van der Waals surface area contributed by atoms with Crippen molar-refractivity contribution >= 4 is 38.6 Å². The third-order valence-electron chi connectivity index (χ3n) is 4.04. The summed E-state index contributed by atoms with van der Waals surface area (Å²) < 4.78 is 65.1. The highest BCUT2D eigenvalue weighted by molar-refractivity contribution is 7.92. The van der Waals surface area contributed by atoms with E-state index in [1.54, 1.807) is 18.2 Å². The van der Waals surface area contributed by atoms with Gasteiger partial charge in [0, 0.05) is 12.7 Å². The molecule has 2 aromatic carbocycles. The van der Waals surface area contributed by atoms with E-state index in [-0.39, 0.29) is 21.1 Å². The number of anilines is 2. The van der Waals surface area contributed by atoms with E-state index in [1.165, 1.54) is 42.8 Å². The molecule has 0 fully saturated rings. The maximum absolute atomic E-state index is 12.9. The number of carbonyl (C=O) groups is 1. The van der Waals surface area contributed by atoms with Gasteiger partial charge in [-0.15, -0.1) is 11.3 Å². The molecule has 1 N–H and O–H groups in total. The Morgan fingerprint density at radius 1 is 1.03 bits per heavy atom. The lowest BCUT2D eigenvalue weighted by molar-refractivity contribution is -0.137. The highest BCUT2D eigenvalue weighted by Gasteiger charge is 2.31. The SMILES string of the molecule is CN(c1ccsc1C(=O)Nc1cccc(C(F)(F)F)c1)S(=O)(=O)c1ccccc1. The average molecular weight is 440 g/mol. The summed E-state index contributed by atoms with van der Waals surface area (Å²) in [6, 6.07) is 13.4. The highest BCUT2D eigenvalue weighted by atomic mass is 32.2. The van der Waals surface area contributed by atoms with Crippen molar-refractivity contribution < 1.29 is 26.4 Å². The summed E-state index contributed by atoms with van der Waals surface area (Å²) in [5.74, 6) is -0.704. The number of alkyl halides is 3.